The number of nitrogens with one attached hydrogen (secondary N) is 1. The summed E-state index contributed by atoms with van der Waals surface area (Å²) in [5.41, 5.74) is 2.83. The van der Waals surface area contributed by atoms with Crippen molar-refractivity contribution in [3.05, 3.63) is 69.9 Å². The van der Waals surface area contributed by atoms with Crippen molar-refractivity contribution in [2.45, 2.75) is 46.3 Å². The molecular weight excluding hydrogens is 470 g/mol. The van der Waals surface area contributed by atoms with E-state index in [1.54, 1.807) is 4.68 Å². The van der Waals surface area contributed by atoms with E-state index in [-0.39, 0.29) is 0 Å². The molecular formula is C25H28ClN5O4. The van der Waals surface area contributed by atoms with Gasteiger partial charge in [-0.2, -0.15) is 4.68 Å². The van der Waals surface area contributed by atoms with E-state index in [9.17, 15) is 4.79 Å². The highest BCUT2D eigenvalue weighted by molar-refractivity contribution is 6.30. The maximum Gasteiger partial charge on any atom is 0.338 e. The number of hydrogen-bond acceptors (Lipinski definition) is 8. The second kappa shape index (κ2) is 11.2. The molecule has 10 heteroatoms. The number of aromatic nitrogens is 4. The Balaban J connectivity index is 1.66. The van der Waals surface area contributed by atoms with Crippen molar-refractivity contribution in [2.75, 3.05) is 18.5 Å². The van der Waals surface area contributed by atoms with Gasteiger partial charge in [-0.3, -0.25) is 0 Å². The Bertz CT molecular complexity index is 1210. The highest BCUT2D eigenvalue weighted by Crippen LogP contribution is 2.39. The highest BCUT2D eigenvalue weighted by atomic mass is 35.5. The van der Waals surface area contributed by atoms with Gasteiger partial charge in [0.15, 0.2) is 11.5 Å². The van der Waals surface area contributed by atoms with E-state index in [1.807, 2.05) is 63.2 Å². The van der Waals surface area contributed by atoms with Gasteiger partial charge >= 0.3 is 5.97 Å². The quantitative estimate of drug-likeness (QED) is 0.310. The third-order valence-electron chi connectivity index (χ3n) is 5.56. The summed E-state index contributed by atoms with van der Waals surface area (Å²) in [6.45, 7) is 6.92. The largest absolute Gasteiger partial charge is 0.490 e. The number of fused-ring (bicyclic) bond motifs is 1. The van der Waals surface area contributed by atoms with Crippen molar-refractivity contribution in [2.24, 2.45) is 0 Å². The molecule has 4 rings (SSSR count). The SMILES string of the molecule is CCCCOC(=O)C1=C(C)Nc2nnnn2C1c1ccc(OCc2ccc(Cl)cc2)c(OCC)c1. The molecule has 0 saturated carbocycles. The van der Waals surface area contributed by atoms with Crippen LogP contribution in [0.3, 0.4) is 0 Å². The Kier molecular flexibility index (Phi) is 7.87. The minimum atomic E-state index is -0.583. The Morgan fingerprint density at radius 1 is 1.11 bits per heavy atom. The summed E-state index contributed by atoms with van der Waals surface area (Å²) in [6, 6.07) is 12.5. The van der Waals surface area contributed by atoms with Gasteiger partial charge in [0, 0.05) is 10.7 Å². The van der Waals surface area contributed by atoms with E-state index < -0.39 is 12.0 Å². The van der Waals surface area contributed by atoms with Crippen LogP contribution in [0.5, 0.6) is 11.5 Å². The molecule has 0 radical (unpaired) electrons. The van der Waals surface area contributed by atoms with Gasteiger partial charge in [-0.25, -0.2) is 4.79 Å². The predicted molar refractivity (Wildman–Crippen MR) is 132 cm³/mol. The summed E-state index contributed by atoms with van der Waals surface area (Å²) in [5, 5.41) is 15.7. The molecule has 0 amide bonds. The van der Waals surface area contributed by atoms with Crippen molar-refractivity contribution in [3.8, 4) is 11.5 Å². The molecule has 0 saturated heterocycles. The van der Waals surface area contributed by atoms with Crippen LogP contribution in [0, 0.1) is 0 Å². The number of carbonyl (C=O) groups excluding carboxylic acids is 1. The van der Waals surface area contributed by atoms with E-state index in [0.717, 1.165) is 24.0 Å². The zero-order valence-electron chi connectivity index (χ0n) is 20.0. The number of ether oxygens (including phenoxy) is 3. The average Bonchev–Trinajstić information content (AvgIpc) is 3.31. The summed E-state index contributed by atoms with van der Waals surface area (Å²) in [4.78, 5) is 13.1. The lowest BCUT2D eigenvalue weighted by Gasteiger charge is -2.28. The number of anilines is 1. The Labute approximate surface area is 209 Å². The van der Waals surface area contributed by atoms with Gasteiger partial charge in [-0.05, 0) is 66.1 Å². The molecule has 184 valence electrons. The smallest absolute Gasteiger partial charge is 0.338 e. The van der Waals surface area contributed by atoms with Crippen LogP contribution in [0.1, 0.15) is 50.8 Å². The summed E-state index contributed by atoms with van der Waals surface area (Å²) >= 11 is 5.98. The van der Waals surface area contributed by atoms with Crippen molar-refractivity contribution >= 4 is 23.5 Å². The summed E-state index contributed by atoms with van der Waals surface area (Å²) in [5.74, 6) is 1.18. The molecule has 0 aliphatic carbocycles. The third kappa shape index (κ3) is 5.57. The van der Waals surface area contributed by atoms with E-state index in [4.69, 9.17) is 25.8 Å². The third-order valence-corrected chi connectivity index (χ3v) is 5.81. The molecule has 2 heterocycles. The summed E-state index contributed by atoms with van der Waals surface area (Å²) in [6.07, 6.45) is 1.72. The molecule has 0 bridgehead atoms. The average molecular weight is 498 g/mol. The van der Waals surface area contributed by atoms with Gasteiger partial charge in [0.25, 0.3) is 0 Å². The first kappa shape index (κ1) is 24.5. The normalized spacial score (nSPS) is 14.8. The number of benzene rings is 2. The number of esters is 1. The molecule has 1 aliphatic rings. The fourth-order valence-corrected chi connectivity index (χ4v) is 3.92. The number of unbranched alkanes of at least 4 members (excludes halogenated alkanes) is 1. The van der Waals surface area contributed by atoms with Crippen LogP contribution in [0.25, 0.3) is 0 Å². The minimum Gasteiger partial charge on any atom is -0.490 e. The summed E-state index contributed by atoms with van der Waals surface area (Å²) < 4.78 is 19.1. The van der Waals surface area contributed by atoms with Crippen LogP contribution < -0.4 is 14.8 Å². The lowest BCUT2D eigenvalue weighted by molar-refractivity contribution is -0.139. The number of halogens is 1. The lowest BCUT2D eigenvalue weighted by Crippen LogP contribution is -2.30. The first-order valence-electron chi connectivity index (χ1n) is 11.6. The van der Waals surface area contributed by atoms with Crippen LogP contribution in [0.15, 0.2) is 53.7 Å². The van der Waals surface area contributed by atoms with Gasteiger partial charge in [0.2, 0.25) is 5.95 Å². The monoisotopic (exact) mass is 497 g/mol. The maximum absolute atomic E-state index is 13.1. The number of allylic oxidation sites excluding steroid dienone is 1. The van der Waals surface area contributed by atoms with Gasteiger partial charge < -0.3 is 19.5 Å². The maximum atomic E-state index is 13.1. The molecule has 1 atom stereocenters. The molecule has 35 heavy (non-hydrogen) atoms. The van der Waals surface area contributed by atoms with Gasteiger partial charge in [0.1, 0.15) is 12.6 Å². The van der Waals surface area contributed by atoms with E-state index in [0.29, 0.717) is 53.6 Å². The standard InChI is InChI=1S/C25H28ClN5O4/c1-4-6-13-34-24(32)22-16(3)27-25-28-29-30-31(25)23(22)18-9-12-20(21(14-18)33-5-2)35-15-17-7-10-19(26)11-8-17/h7-12,14,23H,4-6,13,15H2,1-3H3,(H,27,28,30). The molecule has 1 N–H and O–H groups in total. The first-order valence-corrected chi connectivity index (χ1v) is 12.0. The van der Waals surface area contributed by atoms with E-state index in [2.05, 4.69) is 20.8 Å². The molecule has 0 fully saturated rings. The number of rotatable bonds is 10. The van der Waals surface area contributed by atoms with Crippen LogP contribution in [0.4, 0.5) is 5.95 Å². The van der Waals surface area contributed by atoms with Gasteiger partial charge in [-0.15, -0.1) is 0 Å². The topological polar surface area (TPSA) is 100 Å². The fraction of sp³-hybridized carbons (Fsp3) is 0.360. The Morgan fingerprint density at radius 3 is 2.66 bits per heavy atom. The second-order valence-electron chi connectivity index (χ2n) is 8.06. The van der Waals surface area contributed by atoms with Gasteiger partial charge in [-0.1, -0.05) is 48.2 Å². The molecule has 9 nitrogen and oxygen atoms in total. The predicted octanol–water partition coefficient (Wildman–Crippen LogP) is 4.94. The Morgan fingerprint density at radius 2 is 1.91 bits per heavy atom. The number of nitrogens with zero attached hydrogens (tertiary/aromatic N) is 4. The lowest BCUT2D eigenvalue weighted by atomic mass is 9.95. The zero-order chi connectivity index (χ0) is 24.8. The zero-order valence-corrected chi connectivity index (χ0v) is 20.7. The molecule has 3 aromatic rings. The van der Waals surface area contributed by atoms with E-state index in [1.165, 1.54) is 0 Å². The van der Waals surface area contributed by atoms with Crippen molar-refractivity contribution in [1.82, 2.24) is 20.2 Å². The first-order chi connectivity index (χ1) is 17.0. The molecule has 0 spiro atoms. The Hall–Kier alpha value is -3.59. The van der Waals surface area contributed by atoms with Crippen LogP contribution in [-0.4, -0.2) is 39.4 Å². The van der Waals surface area contributed by atoms with Crippen molar-refractivity contribution in [3.63, 3.8) is 0 Å². The van der Waals surface area contributed by atoms with Crippen molar-refractivity contribution < 1.29 is 19.0 Å². The second-order valence-corrected chi connectivity index (χ2v) is 8.49. The van der Waals surface area contributed by atoms with Gasteiger partial charge in [0.05, 0.1) is 18.8 Å². The van der Waals surface area contributed by atoms with Crippen LogP contribution in [0.2, 0.25) is 5.02 Å². The molecule has 1 unspecified atom stereocenters. The number of hydrogen-bond donors (Lipinski definition) is 1. The highest BCUT2D eigenvalue weighted by Gasteiger charge is 2.35. The number of tetrazole rings is 1. The van der Waals surface area contributed by atoms with Crippen LogP contribution in [-0.2, 0) is 16.1 Å². The van der Waals surface area contributed by atoms with Crippen molar-refractivity contribution in [1.29, 1.82) is 0 Å². The molecule has 2 aromatic carbocycles. The number of carbonyl (C=O) groups is 1. The molecule has 1 aromatic heterocycles. The minimum absolute atomic E-state index is 0.350. The van der Waals surface area contributed by atoms with Crippen LogP contribution >= 0.6 is 11.6 Å². The fourth-order valence-electron chi connectivity index (χ4n) is 3.80. The summed E-state index contributed by atoms with van der Waals surface area (Å²) in [7, 11) is 0. The van der Waals surface area contributed by atoms with E-state index >= 15 is 0 Å². The molecule has 1 aliphatic heterocycles.